The molecule has 2 heterocycles. The monoisotopic (exact) mass is 454 g/mol. The number of aliphatic imine (C=N–C) groups is 1. The molecule has 2 aliphatic rings. The second-order valence-electron chi connectivity index (χ2n) is 7.45. The number of para-hydroxylation sites is 3. The van der Waals surface area contributed by atoms with Crippen LogP contribution in [0.15, 0.2) is 59.6 Å². The van der Waals surface area contributed by atoms with Crippen molar-refractivity contribution in [2.24, 2.45) is 4.99 Å². The van der Waals surface area contributed by atoms with Crippen molar-refractivity contribution in [2.75, 3.05) is 18.5 Å². The van der Waals surface area contributed by atoms with Crippen LogP contribution in [0.25, 0.3) is 0 Å². The van der Waals surface area contributed by atoms with Gasteiger partial charge < -0.3 is 10.1 Å². The number of ether oxygens (including phenoxy) is 1. The van der Waals surface area contributed by atoms with Crippen LogP contribution in [-0.2, 0) is 14.3 Å². The maximum atomic E-state index is 13.2. The molecule has 2 saturated heterocycles. The van der Waals surface area contributed by atoms with Gasteiger partial charge in [-0.1, -0.05) is 42.1 Å². The Morgan fingerprint density at radius 3 is 2.69 bits per heavy atom. The summed E-state index contributed by atoms with van der Waals surface area (Å²) < 4.78 is 5.67. The van der Waals surface area contributed by atoms with Crippen LogP contribution >= 0.6 is 11.8 Å². The van der Waals surface area contributed by atoms with Gasteiger partial charge in [0.25, 0.3) is 5.69 Å². The first-order valence-corrected chi connectivity index (χ1v) is 11.2. The normalized spacial score (nSPS) is 21.8. The highest BCUT2D eigenvalue weighted by Crippen LogP contribution is 2.35. The van der Waals surface area contributed by atoms with Crippen molar-refractivity contribution >= 4 is 45.8 Å². The highest BCUT2D eigenvalue weighted by Gasteiger charge is 2.41. The van der Waals surface area contributed by atoms with Gasteiger partial charge in [0.1, 0.15) is 10.9 Å². The van der Waals surface area contributed by atoms with Crippen molar-refractivity contribution < 1.29 is 19.2 Å². The number of rotatable bonds is 7. The molecule has 0 bridgehead atoms. The van der Waals surface area contributed by atoms with Crippen molar-refractivity contribution in [3.63, 3.8) is 0 Å². The fourth-order valence-corrected chi connectivity index (χ4v) is 4.76. The van der Waals surface area contributed by atoms with E-state index in [1.807, 2.05) is 18.2 Å². The van der Waals surface area contributed by atoms with Crippen LogP contribution in [0.5, 0.6) is 0 Å². The van der Waals surface area contributed by atoms with Gasteiger partial charge in [0.2, 0.25) is 11.8 Å². The molecule has 2 atom stereocenters. The smallest absolute Gasteiger partial charge is 0.294 e. The first-order chi connectivity index (χ1) is 15.5. The van der Waals surface area contributed by atoms with E-state index in [2.05, 4.69) is 10.3 Å². The number of carbonyl (C=O) groups excluding carboxylic acids is 2. The molecule has 2 aromatic carbocycles. The number of benzene rings is 2. The number of anilines is 1. The number of nitro groups is 1. The first-order valence-electron chi connectivity index (χ1n) is 10.3. The molecule has 32 heavy (non-hydrogen) atoms. The second-order valence-corrected chi connectivity index (χ2v) is 8.62. The summed E-state index contributed by atoms with van der Waals surface area (Å²) in [6.07, 6.45) is 1.59. The molecular formula is C22H22N4O5S. The van der Waals surface area contributed by atoms with Gasteiger partial charge in [-0.2, -0.15) is 0 Å². The Kier molecular flexibility index (Phi) is 6.81. The predicted molar refractivity (Wildman–Crippen MR) is 122 cm³/mol. The van der Waals surface area contributed by atoms with Crippen molar-refractivity contribution in [3.8, 4) is 0 Å². The van der Waals surface area contributed by atoms with E-state index in [1.54, 1.807) is 24.3 Å². The SMILES string of the molecule is O=C(CC1SC(=Nc2ccccc2[N+](=O)[O-])N(CC2CCCO2)C1=O)Nc1ccccc1. The van der Waals surface area contributed by atoms with Gasteiger partial charge in [-0.05, 0) is 31.0 Å². The Morgan fingerprint density at radius 1 is 1.22 bits per heavy atom. The standard InChI is InChI=1S/C22H22N4O5S/c27-20(23-15-7-2-1-3-8-15)13-19-21(28)25(14-16-9-6-12-31-16)22(32-19)24-17-10-4-5-11-18(17)26(29)30/h1-5,7-8,10-11,16,19H,6,9,12-14H2,(H,23,27). The number of amides is 2. The summed E-state index contributed by atoms with van der Waals surface area (Å²) in [5, 5.41) is 13.8. The van der Waals surface area contributed by atoms with Crippen LogP contribution in [0.1, 0.15) is 19.3 Å². The van der Waals surface area contributed by atoms with Crippen molar-refractivity contribution in [1.29, 1.82) is 0 Å². The number of carbonyl (C=O) groups is 2. The lowest BCUT2D eigenvalue weighted by Gasteiger charge is -2.20. The molecular weight excluding hydrogens is 432 g/mol. The van der Waals surface area contributed by atoms with E-state index in [0.29, 0.717) is 24.0 Å². The number of hydrogen-bond donors (Lipinski definition) is 1. The summed E-state index contributed by atoms with van der Waals surface area (Å²) >= 11 is 1.15. The van der Waals surface area contributed by atoms with Crippen LogP contribution in [0.4, 0.5) is 17.1 Å². The third-order valence-electron chi connectivity index (χ3n) is 5.15. The summed E-state index contributed by atoms with van der Waals surface area (Å²) in [6.45, 7) is 0.946. The lowest BCUT2D eigenvalue weighted by atomic mass is 10.2. The molecule has 166 valence electrons. The molecule has 0 radical (unpaired) electrons. The Morgan fingerprint density at radius 2 is 1.97 bits per heavy atom. The molecule has 0 aliphatic carbocycles. The van der Waals surface area contributed by atoms with E-state index >= 15 is 0 Å². The van der Waals surface area contributed by atoms with Crippen LogP contribution in [-0.4, -0.2) is 51.3 Å². The third-order valence-corrected chi connectivity index (χ3v) is 6.33. The highest BCUT2D eigenvalue weighted by atomic mass is 32.2. The molecule has 0 spiro atoms. The van der Waals surface area contributed by atoms with E-state index in [0.717, 1.165) is 24.6 Å². The van der Waals surface area contributed by atoms with Crippen LogP contribution in [0, 0.1) is 10.1 Å². The molecule has 10 heteroatoms. The zero-order valence-corrected chi connectivity index (χ0v) is 18.0. The van der Waals surface area contributed by atoms with E-state index in [9.17, 15) is 19.7 Å². The minimum atomic E-state index is -0.665. The number of thioether (sulfide) groups is 1. The molecule has 2 aliphatic heterocycles. The summed E-state index contributed by atoms with van der Waals surface area (Å²) in [4.78, 5) is 42.5. The lowest BCUT2D eigenvalue weighted by molar-refractivity contribution is -0.384. The van der Waals surface area contributed by atoms with Gasteiger partial charge >= 0.3 is 0 Å². The van der Waals surface area contributed by atoms with E-state index < -0.39 is 10.2 Å². The molecule has 1 N–H and O–H groups in total. The quantitative estimate of drug-likeness (QED) is 0.504. The molecule has 2 unspecified atom stereocenters. The molecule has 2 aromatic rings. The molecule has 2 amide bonds. The van der Waals surface area contributed by atoms with Gasteiger partial charge in [-0.3, -0.25) is 24.6 Å². The van der Waals surface area contributed by atoms with Gasteiger partial charge in [-0.15, -0.1) is 0 Å². The van der Waals surface area contributed by atoms with E-state index in [4.69, 9.17) is 4.74 Å². The van der Waals surface area contributed by atoms with Crippen LogP contribution in [0.3, 0.4) is 0 Å². The number of nitro benzene ring substituents is 1. The molecule has 2 fully saturated rings. The minimum absolute atomic E-state index is 0.0314. The van der Waals surface area contributed by atoms with Gasteiger partial charge in [0.05, 0.1) is 17.6 Å². The van der Waals surface area contributed by atoms with E-state index in [-0.39, 0.29) is 35.7 Å². The fraction of sp³-hybridized carbons (Fsp3) is 0.318. The largest absolute Gasteiger partial charge is 0.376 e. The van der Waals surface area contributed by atoms with Crippen LogP contribution < -0.4 is 5.32 Å². The molecule has 9 nitrogen and oxygen atoms in total. The lowest BCUT2D eigenvalue weighted by Crippen LogP contribution is -2.38. The maximum Gasteiger partial charge on any atom is 0.294 e. The zero-order chi connectivity index (χ0) is 22.5. The fourth-order valence-electron chi connectivity index (χ4n) is 3.60. The Balaban J connectivity index is 1.55. The second kappa shape index (κ2) is 9.92. The number of nitrogens with zero attached hydrogens (tertiary/aromatic N) is 3. The van der Waals surface area contributed by atoms with Gasteiger partial charge in [0.15, 0.2) is 5.17 Å². The summed E-state index contributed by atoms with van der Waals surface area (Å²) in [5.41, 5.74) is 0.674. The average Bonchev–Trinajstić information content (AvgIpc) is 3.39. The maximum absolute atomic E-state index is 13.2. The summed E-state index contributed by atoms with van der Waals surface area (Å²) in [5.74, 6) is -0.530. The average molecular weight is 455 g/mol. The molecule has 0 saturated carbocycles. The van der Waals surface area contributed by atoms with Gasteiger partial charge in [-0.25, -0.2) is 4.99 Å². The number of hydrogen-bond acceptors (Lipinski definition) is 7. The minimum Gasteiger partial charge on any atom is -0.376 e. The molecule has 0 aromatic heterocycles. The van der Waals surface area contributed by atoms with Crippen molar-refractivity contribution in [2.45, 2.75) is 30.6 Å². The number of amidine groups is 1. The van der Waals surface area contributed by atoms with Crippen molar-refractivity contribution in [3.05, 3.63) is 64.7 Å². The topological polar surface area (TPSA) is 114 Å². The summed E-state index contributed by atoms with van der Waals surface area (Å²) in [7, 11) is 0. The predicted octanol–water partition coefficient (Wildman–Crippen LogP) is 3.73. The Labute approximate surface area is 189 Å². The van der Waals surface area contributed by atoms with Crippen molar-refractivity contribution in [1.82, 2.24) is 4.90 Å². The van der Waals surface area contributed by atoms with Gasteiger partial charge in [0, 0.05) is 24.8 Å². The number of nitrogens with one attached hydrogen (secondary N) is 1. The Bertz CT molecular complexity index is 1040. The molecule has 4 rings (SSSR count). The highest BCUT2D eigenvalue weighted by molar-refractivity contribution is 8.15. The third kappa shape index (κ3) is 5.14. The van der Waals surface area contributed by atoms with Crippen LogP contribution in [0.2, 0.25) is 0 Å². The first kappa shape index (κ1) is 22.0. The van der Waals surface area contributed by atoms with E-state index in [1.165, 1.54) is 17.0 Å². The Hall–Kier alpha value is -3.24. The zero-order valence-electron chi connectivity index (χ0n) is 17.2. The summed E-state index contributed by atoms with van der Waals surface area (Å²) in [6, 6.07) is 15.1.